The van der Waals surface area contributed by atoms with E-state index in [2.05, 4.69) is 4.72 Å². The van der Waals surface area contributed by atoms with Crippen molar-refractivity contribution < 1.29 is 13.5 Å². The first-order valence-corrected chi connectivity index (χ1v) is 7.55. The zero-order chi connectivity index (χ0) is 13.4. The fourth-order valence-corrected chi connectivity index (χ4v) is 3.37. The zero-order valence-corrected chi connectivity index (χ0v) is 11.5. The van der Waals surface area contributed by atoms with Gasteiger partial charge in [0.25, 0.3) is 0 Å². The molecule has 0 radical (unpaired) electrons. The van der Waals surface area contributed by atoms with Crippen LogP contribution in [0, 0.1) is 19.3 Å². The molecule has 1 aliphatic carbocycles. The van der Waals surface area contributed by atoms with Crippen molar-refractivity contribution in [1.82, 2.24) is 4.72 Å². The number of rotatable bonds is 5. The Kier molecular flexibility index (Phi) is 3.49. The molecule has 4 nitrogen and oxygen atoms in total. The molecule has 0 aromatic heterocycles. The van der Waals surface area contributed by atoms with Crippen molar-refractivity contribution in [1.29, 1.82) is 0 Å². The molecule has 100 valence electrons. The Hall–Kier alpha value is -0.910. The van der Waals surface area contributed by atoms with E-state index in [4.69, 9.17) is 0 Å². The van der Waals surface area contributed by atoms with E-state index in [0.717, 1.165) is 24.0 Å². The second kappa shape index (κ2) is 4.64. The second-order valence-corrected chi connectivity index (χ2v) is 6.99. The minimum atomic E-state index is -3.48. The van der Waals surface area contributed by atoms with Gasteiger partial charge in [-0.05, 0) is 43.9 Å². The van der Waals surface area contributed by atoms with Crippen LogP contribution in [0.25, 0.3) is 0 Å². The minimum Gasteiger partial charge on any atom is -0.396 e. The molecule has 1 aromatic carbocycles. The van der Waals surface area contributed by atoms with Crippen LogP contribution in [0.15, 0.2) is 23.1 Å². The van der Waals surface area contributed by atoms with Crippen LogP contribution in [0.4, 0.5) is 0 Å². The molecule has 1 saturated carbocycles. The van der Waals surface area contributed by atoms with Crippen LogP contribution in [-0.2, 0) is 10.0 Å². The summed E-state index contributed by atoms with van der Waals surface area (Å²) in [5.41, 5.74) is 1.44. The molecular formula is C13H19NO3S. The Morgan fingerprint density at radius 1 is 1.33 bits per heavy atom. The highest BCUT2D eigenvalue weighted by Gasteiger charge is 2.42. The first kappa shape index (κ1) is 13.5. The zero-order valence-electron chi connectivity index (χ0n) is 10.7. The molecule has 0 unspecified atom stereocenters. The van der Waals surface area contributed by atoms with Crippen LogP contribution in [0.5, 0.6) is 0 Å². The molecule has 0 aliphatic heterocycles. The summed E-state index contributed by atoms with van der Waals surface area (Å²) in [5, 5.41) is 9.19. The Bertz CT molecular complexity index is 547. The average molecular weight is 269 g/mol. The molecule has 0 saturated heterocycles. The van der Waals surface area contributed by atoms with Crippen LogP contribution >= 0.6 is 0 Å². The molecule has 0 amide bonds. The maximum Gasteiger partial charge on any atom is 0.240 e. The quantitative estimate of drug-likeness (QED) is 0.848. The Morgan fingerprint density at radius 3 is 2.56 bits per heavy atom. The lowest BCUT2D eigenvalue weighted by Gasteiger charge is -2.14. The first-order chi connectivity index (χ1) is 8.38. The fourth-order valence-electron chi connectivity index (χ4n) is 1.89. The van der Waals surface area contributed by atoms with E-state index in [9.17, 15) is 13.5 Å². The summed E-state index contributed by atoms with van der Waals surface area (Å²) in [5.74, 6) is 0. The number of nitrogens with one attached hydrogen (secondary N) is 1. The van der Waals surface area contributed by atoms with Gasteiger partial charge >= 0.3 is 0 Å². The van der Waals surface area contributed by atoms with Crippen LogP contribution in [0.2, 0.25) is 0 Å². The Morgan fingerprint density at radius 2 is 2.00 bits per heavy atom. The monoisotopic (exact) mass is 269 g/mol. The van der Waals surface area contributed by atoms with Gasteiger partial charge in [0.05, 0.1) is 4.90 Å². The summed E-state index contributed by atoms with van der Waals surface area (Å²) in [6.45, 7) is 4.02. The van der Waals surface area contributed by atoms with Crippen LogP contribution in [-0.4, -0.2) is 26.7 Å². The summed E-state index contributed by atoms with van der Waals surface area (Å²) in [6, 6.07) is 5.38. The van der Waals surface area contributed by atoms with Gasteiger partial charge in [-0.3, -0.25) is 0 Å². The van der Waals surface area contributed by atoms with Gasteiger partial charge in [-0.15, -0.1) is 0 Å². The van der Waals surface area contributed by atoms with Crippen molar-refractivity contribution in [2.75, 3.05) is 13.2 Å². The van der Waals surface area contributed by atoms with Gasteiger partial charge in [-0.25, -0.2) is 13.1 Å². The second-order valence-electron chi connectivity index (χ2n) is 5.25. The lowest BCUT2D eigenvalue weighted by molar-refractivity contribution is 0.213. The molecule has 0 bridgehead atoms. The third kappa shape index (κ3) is 2.74. The molecule has 18 heavy (non-hydrogen) atoms. The van der Waals surface area contributed by atoms with E-state index in [1.165, 1.54) is 0 Å². The molecule has 2 rings (SSSR count). The number of sulfonamides is 1. The Balaban J connectivity index is 2.18. The number of aliphatic hydroxyl groups is 1. The van der Waals surface area contributed by atoms with Crippen molar-refractivity contribution in [2.24, 2.45) is 5.41 Å². The van der Waals surface area contributed by atoms with Crippen molar-refractivity contribution in [2.45, 2.75) is 31.6 Å². The van der Waals surface area contributed by atoms with E-state index in [0.29, 0.717) is 11.4 Å². The van der Waals surface area contributed by atoms with Gasteiger partial charge in [0, 0.05) is 18.6 Å². The van der Waals surface area contributed by atoms with Crippen LogP contribution in [0.3, 0.4) is 0 Å². The van der Waals surface area contributed by atoms with Gasteiger partial charge in [-0.2, -0.15) is 0 Å². The van der Waals surface area contributed by atoms with Gasteiger partial charge < -0.3 is 5.11 Å². The third-order valence-electron chi connectivity index (χ3n) is 3.56. The summed E-state index contributed by atoms with van der Waals surface area (Å²) < 4.78 is 27.0. The fraction of sp³-hybridized carbons (Fsp3) is 0.538. The largest absolute Gasteiger partial charge is 0.396 e. The lowest BCUT2D eigenvalue weighted by Crippen LogP contribution is -2.32. The van der Waals surface area contributed by atoms with Crippen LogP contribution < -0.4 is 4.72 Å². The van der Waals surface area contributed by atoms with Gasteiger partial charge in [0.1, 0.15) is 0 Å². The maximum absolute atomic E-state index is 12.2. The predicted octanol–water partition coefficient (Wildman–Crippen LogP) is 1.35. The first-order valence-electron chi connectivity index (χ1n) is 6.06. The summed E-state index contributed by atoms with van der Waals surface area (Å²) in [6.07, 6.45) is 1.78. The standard InChI is InChI=1S/C13H19NO3S/c1-10-3-4-11(2)12(7-10)18(16,17)14-8-13(9-15)5-6-13/h3-4,7,14-15H,5-6,8-9H2,1-2H3. The number of aliphatic hydroxyl groups excluding tert-OH is 1. The van der Waals surface area contributed by atoms with Crippen molar-refractivity contribution in [3.63, 3.8) is 0 Å². The molecular weight excluding hydrogens is 250 g/mol. The van der Waals surface area contributed by atoms with Gasteiger partial charge in [0.2, 0.25) is 10.0 Å². The highest BCUT2D eigenvalue weighted by atomic mass is 32.2. The molecule has 5 heteroatoms. The number of hydrogen-bond acceptors (Lipinski definition) is 3. The topological polar surface area (TPSA) is 66.4 Å². The van der Waals surface area contributed by atoms with E-state index >= 15 is 0 Å². The molecule has 1 aliphatic rings. The van der Waals surface area contributed by atoms with Gasteiger partial charge in [0.15, 0.2) is 0 Å². The van der Waals surface area contributed by atoms with Crippen LogP contribution in [0.1, 0.15) is 24.0 Å². The molecule has 2 N–H and O–H groups in total. The van der Waals surface area contributed by atoms with Gasteiger partial charge in [-0.1, -0.05) is 12.1 Å². The molecule has 1 aromatic rings. The minimum absolute atomic E-state index is 0.0440. The van der Waals surface area contributed by atoms with Crippen molar-refractivity contribution >= 4 is 10.0 Å². The molecule has 0 heterocycles. The lowest BCUT2D eigenvalue weighted by atomic mass is 10.1. The van der Waals surface area contributed by atoms with E-state index in [-0.39, 0.29) is 12.0 Å². The van der Waals surface area contributed by atoms with E-state index in [1.807, 2.05) is 19.1 Å². The van der Waals surface area contributed by atoms with Crippen molar-refractivity contribution in [3.8, 4) is 0 Å². The smallest absolute Gasteiger partial charge is 0.240 e. The summed E-state index contributed by atoms with van der Waals surface area (Å²) in [4.78, 5) is 0.330. The Labute approximate surface area is 108 Å². The van der Waals surface area contributed by atoms with E-state index in [1.54, 1.807) is 13.0 Å². The number of benzene rings is 1. The third-order valence-corrected chi connectivity index (χ3v) is 5.11. The maximum atomic E-state index is 12.2. The highest BCUT2D eigenvalue weighted by Crippen LogP contribution is 2.44. The summed E-state index contributed by atoms with van der Waals surface area (Å²) in [7, 11) is -3.48. The molecule has 0 atom stereocenters. The van der Waals surface area contributed by atoms with E-state index < -0.39 is 10.0 Å². The number of hydrogen-bond donors (Lipinski definition) is 2. The predicted molar refractivity (Wildman–Crippen MR) is 69.9 cm³/mol. The summed E-state index contributed by atoms with van der Waals surface area (Å²) >= 11 is 0. The average Bonchev–Trinajstić information content (AvgIpc) is 3.11. The van der Waals surface area contributed by atoms with Crippen molar-refractivity contribution in [3.05, 3.63) is 29.3 Å². The molecule has 0 spiro atoms. The normalized spacial score (nSPS) is 17.7. The SMILES string of the molecule is Cc1ccc(C)c(S(=O)(=O)NCC2(CO)CC2)c1. The number of aryl methyl sites for hydroxylation is 2. The highest BCUT2D eigenvalue weighted by molar-refractivity contribution is 7.89. The molecule has 1 fully saturated rings.